The number of hydrogen-bond acceptors (Lipinski definition) is 5. The average molecular weight is 568 g/mol. The van der Waals surface area contributed by atoms with Crippen LogP contribution in [0.15, 0.2) is 73.1 Å². The molecule has 0 saturated heterocycles. The van der Waals surface area contributed by atoms with Gasteiger partial charge in [-0.25, -0.2) is 9.97 Å². The summed E-state index contributed by atoms with van der Waals surface area (Å²) in [5.74, 6) is 1.90. The van der Waals surface area contributed by atoms with Gasteiger partial charge >= 0.3 is 5.97 Å². The molecular formula is C35H41N3O2S. The average Bonchev–Trinajstić information content (AvgIpc) is 3.49. The second kappa shape index (κ2) is 13.5. The van der Waals surface area contributed by atoms with Gasteiger partial charge in [0.2, 0.25) is 0 Å². The maximum atomic E-state index is 11.9. The normalized spacial score (nSPS) is 18.0. The molecule has 5 rings (SSSR count). The summed E-state index contributed by atoms with van der Waals surface area (Å²) in [5.41, 5.74) is 5.47. The highest BCUT2D eigenvalue weighted by Gasteiger charge is 2.21. The topological polar surface area (TPSA) is 75.1 Å². The monoisotopic (exact) mass is 567 g/mol. The molecule has 41 heavy (non-hydrogen) atoms. The van der Waals surface area contributed by atoms with Crippen LogP contribution < -0.4 is 5.32 Å². The first-order valence-corrected chi connectivity index (χ1v) is 15.8. The summed E-state index contributed by atoms with van der Waals surface area (Å²) in [5, 5.41) is 13.0. The van der Waals surface area contributed by atoms with Gasteiger partial charge in [0.1, 0.15) is 6.04 Å². The minimum Gasteiger partial charge on any atom is -0.480 e. The SMILES string of the molecule is CCC1CCC(c2ccc(-c3cnc(-c4ccc(C[C@H](NCc5ccc(C(C)C)s5)C(=O)O)cc4)nc3)cc2)CC1. The number of rotatable bonds is 11. The predicted octanol–water partition coefficient (Wildman–Crippen LogP) is 8.46. The number of carboxylic acid groups (broad SMARTS) is 1. The fourth-order valence-corrected chi connectivity index (χ4v) is 6.74. The van der Waals surface area contributed by atoms with Crippen LogP contribution >= 0.6 is 11.3 Å². The van der Waals surface area contributed by atoms with Crippen LogP contribution in [0, 0.1) is 5.92 Å². The second-order valence-corrected chi connectivity index (χ2v) is 12.9. The quantitative estimate of drug-likeness (QED) is 0.190. The Morgan fingerprint density at radius 1 is 0.902 bits per heavy atom. The summed E-state index contributed by atoms with van der Waals surface area (Å²) in [7, 11) is 0. The number of aromatic nitrogens is 2. The van der Waals surface area contributed by atoms with Gasteiger partial charge < -0.3 is 5.11 Å². The van der Waals surface area contributed by atoms with E-state index >= 15 is 0 Å². The van der Waals surface area contributed by atoms with Crippen molar-refractivity contribution >= 4 is 17.3 Å². The minimum atomic E-state index is -0.842. The van der Waals surface area contributed by atoms with E-state index in [9.17, 15) is 9.90 Å². The van der Waals surface area contributed by atoms with Crippen LogP contribution in [0.4, 0.5) is 0 Å². The zero-order valence-corrected chi connectivity index (χ0v) is 25.2. The molecule has 6 heteroatoms. The van der Waals surface area contributed by atoms with Crippen molar-refractivity contribution in [1.82, 2.24) is 15.3 Å². The van der Waals surface area contributed by atoms with E-state index in [-0.39, 0.29) is 0 Å². The summed E-state index contributed by atoms with van der Waals surface area (Å²) in [6.45, 7) is 7.20. The van der Waals surface area contributed by atoms with Crippen molar-refractivity contribution in [3.63, 3.8) is 0 Å². The summed E-state index contributed by atoms with van der Waals surface area (Å²) in [4.78, 5) is 23.7. The highest BCUT2D eigenvalue weighted by Crippen LogP contribution is 2.37. The molecule has 1 saturated carbocycles. The van der Waals surface area contributed by atoms with Gasteiger partial charge in [0, 0.05) is 39.8 Å². The van der Waals surface area contributed by atoms with Crippen LogP contribution in [-0.2, 0) is 17.8 Å². The van der Waals surface area contributed by atoms with Crippen LogP contribution in [0.25, 0.3) is 22.5 Å². The molecule has 5 nitrogen and oxygen atoms in total. The summed E-state index contributed by atoms with van der Waals surface area (Å²) in [6.07, 6.45) is 10.8. The van der Waals surface area contributed by atoms with Crippen molar-refractivity contribution < 1.29 is 9.90 Å². The Labute approximate surface area is 248 Å². The van der Waals surface area contributed by atoms with E-state index < -0.39 is 12.0 Å². The Bertz CT molecular complexity index is 1400. The van der Waals surface area contributed by atoms with Gasteiger partial charge in [-0.05, 0) is 78.7 Å². The zero-order valence-electron chi connectivity index (χ0n) is 24.3. The van der Waals surface area contributed by atoms with Gasteiger partial charge in [0.05, 0.1) is 0 Å². The number of carbonyl (C=O) groups is 1. The van der Waals surface area contributed by atoms with E-state index in [1.165, 1.54) is 42.5 Å². The molecular weight excluding hydrogens is 526 g/mol. The first-order chi connectivity index (χ1) is 19.9. The lowest BCUT2D eigenvalue weighted by Crippen LogP contribution is -2.37. The molecule has 2 N–H and O–H groups in total. The van der Waals surface area contributed by atoms with Crippen molar-refractivity contribution in [2.75, 3.05) is 0 Å². The molecule has 2 aromatic carbocycles. The van der Waals surface area contributed by atoms with Gasteiger partial charge in [0.25, 0.3) is 0 Å². The molecule has 2 heterocycles. The molecule has 1 aliphatic carbocycles. The molecule has 0 spiro atoms. The summed E-state index contributed by atoms with van der Waals surface area (Å²) < 4.78 is 0. The third-order valence-corrected chi connectivity index (χ3v) is 9.90. The standard InChI is InChI=1S/C35H41N3O2S/c1-4-24-5-9-26(10-6-24)27-13-15-28(16-14-27)30-20-37-34(38-21-30)29-11-7-25(8-12-29)19-32(35(39)40)36-22-31-17-18-33(41-31)23(2)3/h7-8,11-18,20-21,23-24,26,32,36H,4-6,9-10,19,22H2,1-3H3,(H,39,40)/t24?,26?,32-/m0/s1. The predicted molar refractivity (Wildman–Crippen MR) is 168 cm³/mol. The molecule has 0 aliphatic heterocycles. The highest BCUT2D eigenvalue weighted by molar-refractivity contribution is 7.12. The molecule has 1 atom stereocenters. The lowest BCUT2D eigenvalue weighted by atomic mass is 9.78. The molecule has 4 aromatic rings. The highest BCUT2D eigenvalue weighted by atomic mass is 32.1. The van der Waals surface area contributed by atoms with Crippen LogP contribution in [0.2, 0.25) is 0 Å². The van der Waals surface area contributed by atoms with Gasteiger partial charge in [-0.3, -0.25) is 10.1 Å². The van der Waals surface area contributed by atoms with Gasteiger partial charge in [-0.15, -0.1) is 11.3 Å². The van der Waals surface area contributed by atoms with Crippen LogP contribution in [-0.4, -0.2) is 27.1 Å². The number of benzene rings is 2. The smallest absolute Gasteiger partial charge is 0.321 e. The molecule has 1 fully saturated rings. The van der Waals surface area contributed by atoms with E-state index in [1.807, 2.05) is 36.7 Å². The van der Waals surface area contributed by atoms with Crippen molar-refractivity contribution in [2.24, 2.45) is 5.92 Å². The van der Waals surface area contributed by atoms with E-state index in [2.05, 4.69) is 72.5 Å². The number of carboxylic acids is 1. The van der Waals surface area contributed by atoms with Crippen LogP contribution in [0.3, 0.4) is 0 Å². The van der Waals surface area contributed by atoms with Crippen molar-refractivity contribution in [1.29, 1.82) is 0 Å². The first-order valence-electron chi connectivity index (χ1n) is 15.0. The Morgan fingerprint density at radius 2 is 1.56 bits per heavy atom. The van der Waals surface area contributed by atoms with Crippen molar-refractivity contribution in [2.45, 2.75) is 83.7 Å². The molecule has 0 amide bonds. The largest absolute Gasteiger partial charge is 0.480 e. The Balaban J connectivity index is 1.18. The van der Waals surface area contributed by atoms with E-state index in [4.69, 9.17) is 0 Å². The van der Waals surface area contributed by atoms with Gasteiger partial charge in [0.15, 0.2) is 5.82 Å². The first kappa shape index (κ1) is 29.2. The maximum Gasteiger partial charge on any atom is 0.321 e. The Hall–Kier alpha value is -3.35. The lowest BCUT2D eigenvalue weighted by Gasteiger charge is -2.28. The molecule has 0 radical (unpaired) electrons. The third-order valence-electron chi connectivity index (χ3n) is 8.52. The van der Waals surface area contributed by atoms with Gasteiger partial charge in [-0.2, -0.15) is 0 Å². The zero-order chi connectivity index (χ0) is 28.8. The van der Waals surface area contributed by atoms with Crippen LogP contribution in [0.5, 0.6) is 0 Å². The summed E-state index contributed by atoms with van der Waals surface area (Å²) >= 11 is 1.74. The van der Waals surface area contributed by atoms with Crippen LogP contribution in [0.1, 0.15) is 85.6 Å². The summed E-state index contributed by atoms with van der Waals surface area (Å²) in [6, 6.07) is 20.4. The third kappa shape index (κ3) is 7.49. The number of aliphatic carboxylic acids is 1. The van der Waals surface area contributed by atoms with E-state index in [1.54, 1.807) is 11.3 Å². The number of nitrogens with one attached hydrogen (secondary N) is 1. The van der Waals surface area contributed by atoms with Crippen molar-refractivity contribution in [3.8, 4) is 22.5 Å². The maximum absolute atomic E-state index is 11.9. The Morgan fingerprint density at radius 3 is 2.15 bits per heavy atom. The van der Waals surface area contributed by atoms with E-state index in [0.29, 0.717) is 30.6 Å². The molecule has 2 aromatic heterocycles. The minimum absolute atomic E-state index is 0.411. The molecule has 0 unspecified atom stereocenters. The molecule has 1 aliphatic rings. The number of hydrogen-bond donors (Lipinski definition) is 2. The lowest BCUT2D eigenvalue weighted by molar-refractivity contribution is -0.139. The van der Waals surface area contributed by atoms with Gasteiger partial charge in [-0.1, -0.05) is 75.7 Å². The fourth-order valence-electron chi connectivity index (χ4n) is 5.77. The van der Waals surface area contributed by atoms with Crippen molar-refractivity contribution in [3.05, 3.63) is 93.9 Å². The second-order valence-electron chi connectivity index (χ2n) is 11.7. The fraction of sp³-hybridized carbons (Fsp3) is 0.400. The Kier molecular flexibility index (Phi) is 9.63. The number of nitrogens with zero attached hydrogens (tertiary/aromatic N) is 2. The van der Waals surface area contributed by atoms with E-state index in [0.717, 1.165) is 33.0 Å². The molecule has 214 valence electrons. The number of thiophene rings is 1. The molecule has 0 bridgehead atoms.